The average Bonchev–Trinajstić information content (AvgIpc) is 2.80. The zero-order valence-corrected chi connectivity index (χ0v) is 8.70. The lowest BCUT2D eigenvalue weighted by molar-refractivity contribution is 0.0519. The Morgan fingerprint density at radius 2 is 2.38 bits per heavy atom. The summed E-state index contributed by atoms with van der Waals surface area (Å²) in [6, 6.07) is 5.35. The van der Waals surface area contributed by atoms with Crippen LogP contribution in [0.15, 0.2) is 30.6 Å². The van der Waals surface area contributed by atoms with Crippen LogP contribution in [-0.2, 0) is 4.74 Å². The highest BCUT2D eigenvalue weighted by atomic mass is 16.5. The van der Waals surface area contributed by atoms with E-state index >= 15 is 0 Å². The van der Waals surface area contributed by atoms with E-state index in [1.807, 2.05) is 6.07 Å². The van der Waals surface area contributed by atoms with Crippen molar-refractivity contribution in [2.24, 2.45) is 0 Å². The lowest BCUT2D eigenvalue weighted by Crippen LogP contribution is -2.07. The number of nitrogens with zero attached hydrogens (tertiary/aromatic N) is 4. The molecule has 6 heteroatoms. The van der Waals surface area contributed by atoms with Crippen molar-refractivity contribution in [1.29, 1.82) is 0 Å². The smallest absolute Gasteiger partial charge is 0.360 e. The molecule has 0 N–H and O–H groups in total. The first-order valence-corrected chi connectivity index (χ1v) is 4.82. The fourth-order valence-electron chi connectivity index (χ4n) is 1.14. The highest BCUT2D eigenvalue weighted by Gasteiger charge is 2.12. The molecule has 2 heterocycles. The van der Waals surface area contributed by atoms with Gasteiger partial charge in [-0.25, -0.2) is 9.78 Å². The van der Waals surface area contributed by atoms with E-state index in [0.29, 0.717) is 12.4 Å². The number of rotatable bonds is 3. The summed E-state index contributed by atoms with van der Waals surface area (Å²) in [6.07, 6.45) is 2.98. The van der Waals surface area contributed by atoms with Crippen LogP contribution in [0.4, 0.5) is 0 Å². The Balaban J connectivity index is 2.23. The first-order chi connectivity index (χ1) is 7.81. The minimum atomic E-state index is -0.482. The Labute approximate surface area is 91.9 Å². The van der Waals surface area contributed by atoms with Gasteiger partial charge in [0.2, 0.25) is 0 Å². The third-order valence-electron chi connectivity index (χ3n) is 1.83. The van der Waals surface area contributed by atoms with Crippen molar-refractivity contribution in [2.75, 3.05) is 6.61 Å². The number of pyridine rings is 1. The molecule has 2 aromatic rings. The number of carbonyl (C=O) groups is 1. The van der Waals surface area contributed by atoms with Gasteiger partial charge in [-0.05, 0) is 19.1 Å². The van der Waals surface area contributed by atoms with E-state index in [1.165, 1.54) is 11.0 Å². The number of aromatic nitrogens is 4. The molecule has 0 aromatic carbocycles. The summed E-state index contributed by atoms with van der Waals surface area (Å²) >= 11 is 0. The summed E-state index contributed by atoms with van der Waals surface area (Å²) < 4.78 is 4.80. The molecule has 0 atom stereocenters. The summed E-state index contributed by atoms with van der Waals surface area (Å²) in [7, 11) is 0. The van der Waals surface area contributed by atoms with Gasteiger partial charge in [0.25, 0.3) is 0 Å². The summed E-state index contributed by atoms with van der Waals surface area (Å²) in [5, 5.41) is 7.90. The van der Waals surface area contributed by atoms with Crippen molar-refractivity contribution in [3.8, 4) is 5.82 Å². The molecule has 0 amide bonds. The molecule has 2 aromatic heterocycles. The quantitative estimate of drug-likeness (QED) is 0.714. The first-order valence-electron chi connectivity index (χ1n) is 4.82. The molecule has 0 radical (unpaired) electrons. The van der Waals surface area contributed by atoms with E-state index < -0.39 is 5.97 Å². The van der Waals surface area contributed by atoms with Gasteiger partial charge in [-0.1, -0.05) is 6.07 Å². The van der Waals surface area contributed by atoms with Crippen molar-refractivity contribution in [3.63, 3.8) is 0 Å². The Hall–Kier alpha value is -2.24. The predicted molar refractivity (Wildman–Crippen MR) is 55.1 cm³/mol. The van der Waals surface area contributed by atoms with Gasteiger partial charge in [0.1, 0.15) is 0 Å². The maximum Gasteiger partial charge on any atom is 0.360 e. The van der Waals surface area contributed by atoms with Crippen molar-refractivity contribution >= 4 is 5.97 Å². The second kappa shape index (κ2) is 4.52. The summed E-state index contributed by atoms with van der Waals surface area (Å²) in [5.74, 6) is 0.0720. The van der Waals surface area contributed by atoms with E-state index in [9.17, 15) is 4.79 Å². The molecule has 0 aliphatic heterocycles. The van der Waals surface area contributed by atoms with Crippen molar-refractivity contribution in [3.05, 3.63) is 36.3 Å². The molecule has 82 valence electrons. The van der Waals surface area contributed by atoms with Gasteiger partial charge in [0, 0.05) is 6.20 Å². The molecule has 2 rings (SSSR count). The first kappa shape index (κ1) is 10.3. The Morgan fingerprint density at radius 3 is 3.06 bits per heavy atom. The standard InChI is InChI=1S/C10H10N4O2/c1-2-16-10(15)8-7-12-14(13-8)9-5-3-4-6-11-9/h3-7H,2H2,1H3. The van der Waals surface area contributed by atoms with Gasteiger partial charge >= 0.3 is 5.97 Å². The van der Waals surface area contributed by atoms with Crippen molar-refractivity contribution in [1.82, 2.24) is 20.0 Å². The molecule has 0 saturated carbocycles. The zero-order valence-electron chi connectivity index (χ0n) is 8.70. The monoisotopic (exact) mass is 218 g/mol. The van der Waals surface area contributed by atoms with Crippen molar-refractivity contribution < 1.29 is 9.53 Å². The van der Waals surface area contributed by atoms with Crippen LogP contribution in [0.1, 0.15) is 17.4 Å². The van der Waals surface area contributed by atoms with Crippen LogP contribution in [0.3, 0.4) is 0 Å². The minimum absolute atomic E-state index is 0.174. The molecular formula is C10H10N4O2. The van der Waals surface area contributed by atoms with Crippen LogP contribution in [0.2, 0.25) is 0 Å². The number of ether oxygens (including phenoxy) is 1. The van der Waals surface area contributed by atoms with Crippen LogP contribution in [0.5, 0.6) is 0 Å². The van der Waals surface area contributed by atoms with Gasteiger partial charge in [0.15, 0.2) is 11.5 Å². The Kier molecular flexibility index (Phi) is 2.90. The number of hydrogen-bond acceptors (Lipinski definition) is 5. The van der Waals surface area contributed by atoms with E-state index in [4.69, 9.17) is 4.74 Å². The molecule has 16 heavy (non-hydrogen) atoms. The van der Waals surface area contributed by atoms with Gasteiger partial charge in [-0.3, -0.25) is 0 Å². The van der Waals surface area contributed by atoms with Gasteiger partial charge < -0.3 is 4.74 Å². The van der Waals surface area contributed by atoms with Crippen LogP contribution >= 0.6 is 0 Å². The summed E-state index contributed by atoms with van der Waals surface area (Å²) in [5.41, 5.74) is 0.174. The SMILES string of the molecule is CCOC(=O)c1cnn(-c2ccccn2)n1. The van der Waals surface area contributed by atoms with Gasteiger partial charge in [-0.15, -0.1) is 9.90 Å². The summed E-state index contributed by atoms with van der Waals surface area (Å²) in [4.78, 5) is 16.7. The van der Waals surface area contributed by atoms with Crippen LogP contribution in [-0.4, -0.2) is 32.6 Å². The fraction of sp³-hybridized carbons (Fsp3) is 0.200. The average molecular weight is 218 g/mol. The normalized spacial score (nSPS) is 10.1. The third-order valence-corrected chi connectivity index (χ3v) is 1.83. The number of esters is 1. The molecule has 0 aliphatic carbocycles. The second-order valence-corrected chi connectivity index (χ2v) is 2.93. The lowest BCUT2D eigenvalue weighted by atomic mass is 10.5. The third kappa shape index (κ3) is 2.05. The van der Waals surface area contributed by atoms with E-state index in [1.54, 1.807) is 25.3 Å². The van der Waals surface area contributed by atoms with Crippen LogP contribution < -0.4 is 0 Å². The number of carbonyl (C=O) groups excluding carboxylic acids is 1. The fourth-order valence-corrected chi connectivity index (χ4v) is 1.14. The highest BCUT2D eigenvalue weighted by Crippen LogP contribution is 2.01. The van der Waals surface area contributed by atoms with Crippen molar-refractivity contribution in [2.45, 2.75) is 6.92 Å². The van der Waals surface area contributed by atoms with Gasteiger partial charge in [-0.2, -0.15) is 5.10 Å². The number of hydrogen-bond donors (Lipinski definition) is 0. The minimum Gasteiger partial charge on any atom is -0.461 e. The molecular weight excluding hydrogens is 208 g/mol. The highest BCUT2D eigenvalue weighted by molar-refractivity contribution is 5.86. The summed E-state index contributed by atoms with van der Waals surface area (Å²) in [6.45, 7) is 2.05. The zero-order chi connectivity index (χ0) is 11.4. The molecule has 0 bridgehead atoms. The van der Waals surface area contributed by atoms with E-state index in [2.05, 4.69) is 15.2 Å². The molecule has 0 aliphatic rings. The van der Waals surface area contributed by atoms with Crippen LogP contribution in [0.25, 0.3) is 5.82 Å². The Morgan fingerprint density at radius 1 is 1.50 bits per heavy atom. The molecule has 0 fully saturated rings. The van der Waals surface area contributed by atoms with Crippen LogP contribution in [0, 0.1) is 0 Å². The second-order valence-electron chi connectivity index (χ2n) is 2.93. The Bertz CT molecular complexity index is 481. The van der Waals surface area contributed by atoms with Gasteiger partial charge in [0.05, 0.1) is 12.8 Å². The lowest BCUT2D eigenvalue weighted by Gasteiger charge is -1.97. The molecule has 6 nitrogen and oxygen atoms in total. The predicted octanol–water partition coefficient (Wildman–Crippen LogP) is 0.839. The molecule has 0 saturated heterocycles. The van der Waals surface area contributed by atoms with E-state index in [0.717, 1.165) is 0 Å². The van der Waals surface area contributed by atoms with E-state index in [-0.39, 0.29) is 5.69 Å². The topological polar surface area (TPSA) is 69.9 Å². The maximum absolute atomic E-state index is 11.3. The maximum atomic E-state index is 11.3. The largest absolute Gasteiger partial charge is 0.461 e. The molecule has 0 unspecified atom stereocenters. The molecule has 0 spiro atoms.